The van der Waals surface area contributed by atoms with Crippen LogP contribution in [0.4, 0.5) is 0 Å². The van der Waals surface area contributed by atoms with E-state index in [0.29, 0.717) is 5.92 Å². The summed E-state index contributed by atoms with van der Waals surface area (Å²) in [5.41, 5.74) is 8.46. The van der Waals surface area contributed by atoms with Crippen LogP contribution in [-0.4, -0.2) is 6.10 Å². The van der Waals surface area contributed by atoms with Gasteiger partial charge in [0.25, 0.3) is 0 Å². The molecule has 0 saturated carbocycles. The van der Waals surface area contributed by atoms with Crippen LogP contribution in [0.5, 0.6) is 5.75 Å². The van der Waals surface area contributed by atoms with Gasteiger partial charge >= 0.3 is 0 Å². The van der Waals surface area contributed by atoms with Gasteiger partial charge in [-0.1, -0.05) is 26.0 Å². The third kappa shape index (κ3) is 3.24. The van der Waals surface area contributed by atoms with Crippen LogP contribution in [0.3, 0.4) is 0 Å². The van der Waals surface area contributed by atoms with Gasteiger partial charge in [-0.25, -0.2) is 0 Å². The van der Waals surface area contributed by atoms with Crippen LogP contribution in [0.25, 0.3) is 0 Å². The SMILES string of the molecule is Cc1cc(C(N)C(C)C)ccc1OC(C)C. The maximum atomic E-state index is 6.12. The molecule has 16 heavy (non-hydrogen) atoms. The van der Waals surface area contributed by atoms with E-state index < -0.39 is 0 Å². The molecule has 1 unspecified atom stereocenters. The van der Waals surface area contributed by atoms with E-state index in [0.717, 1.165) is 11.3 Å². The summed E-state index contributed by atoms with van der Waals surface area (Å²) in [5, 5.41) is 0. The average molecular weight is 221 g/mol. The number of benzene rings is 1. The Morgan fingerprint density at radius 2 is 1.75 bits per heavy atom. The monoisotopic (exact) mass is 221 g/mol. The summed E-state index contributed by atoms with van der Waals surface area (Å²) in [5.74, 6) is 1.41. The minimum atomic E-state index is 0.104. The molecule has 1 aromatic carbocycles. The van der Waals surface area contributed by atoms with Crippen molar-refractivity contribution < 1.29 is 4.74 Å². The van der Waals surface area contributed by atoms with Crippen molar-refractivity contribution in [2.24, 2.45) is 11.7 Å². The third-order valence-electron chi connectivity index (χ3n) is 2.66. The second kappa shape index (κ2) is 5.35. The Hall–Kier alpha value is -1.02. The normalized spacial score (nSPS) is 13.2. The predicted octanol–water partition coefficient (Wildman–Crippen LogP) is 3.44. The largest absolute Gasteiger partial charge is 0.491 e. The molecule has 2 nitrogen and oxygen atoms in total. The summed E-state index contributed by atoms with van der Waals surface area (Å²) in [7, 11) is 0. The summed E-state index contributed by atoms with van der Waals surface area (Å²) in [6.07, 6.45) is 0.211. The summed E-state index contributed by atoms with van der Waals surface area (Å²) in [6, 6.07) is 6.32. The number of nitrogens with two attached hydrogens (primary N) is 1. The fourth-order valence-corrected chi connectivity index (χ4v) is 1.65. The molecule has 0 bridgehead atoms. The highest BCUT2D eigenvalue weighted by Crippen LogP contribution is 2.25. The Bertz CT molecular complexity index is 345. The Morgan fingerprint density at radius 3 is 2.19 bits per heavy atom. The first-order valence-corrected chi connectivity index (χ1v) is 5.94. The van der Waals surface area contributed by atoms with Crippen molar-refractivity contribution >= 4 is 0 Å². The van der Waals surface area contributed by atoms with E-state index in [9.17, 15) is 0 Å². The highest BCUT2D eigenvalue weighted by molar-refractivity contribution is 5.37. The number of hydrogen-bond donors (Lipinski definition) is 1. The van der Waals surface area contributed by atoms with Crippen molar-refractivity contribution in [3.8, 4) is 5.75 Å². The molecule has 90 valence electrons. The molecule has 0 heterocycles. The molecule has 0 spiro atoms. The fourth-order valence-electron chi connectivity index (χ4n) is 1.65. The molecular formula is C14H23NO. The molecule has 0 aliphatic heterocycles. The van der Waals surface area contributed by atoms with Crippen LogP contribution < -0.4 is 10.5 Å². The average Bonchev–Trinajstić information content (AvgIpc) is 2.19. The minimum absolute atomic E-state index is 0.104. The molecule has 2 heteroatoms. The van der Waals surface area contributed by atoms with Gasteiger partial charge in [-0.15, -0.1) is 0 Å². The Balaban J connectivity index is 2.90. The first-order valence-electron chi connectivity index (χ1n) is 5.94. The molecule has 0 saturated heterocycles. The van der Waals surface area contributed by atoms with E-state index in [2.05, 4.69) is 32.9 Å². The molecule has 0 aromatic heterocycles. The van der Waals surface area contributed by atoms with Gasteiger partial charge in [-0.3, -0.25) is 0 Å². The van der Waals surface area contributed by atoms with E-state index >= 15 is 0 Å². The molecule has 1 aromatic rings. The maximum Gasteiger partial charge on any atom is 0.122 e. The van der Waals surface area contributed by atoms with Gasteiger partial charge in [0.1, 0.15) is 5.75 Å². The van der Waals surface area contributed by atoms with Crippen molar-refractivity contribution in [2.75, 3.05) is 0 Å². The number of aryl methyl sites for hydroxylation is 1. The van der Waals surface area contributed by atoms with Crippen LogP contribution >= 0.6 is 0 Å². The zero-order valence-corrected chi connectivity index (χ0v) is 10.9. The lowest BCUT2D eigenvalue weighted by molar-refractivity contribution is 0.240. The Labute approximate surface area is 98.8 Å². The molecule has 0 amide bonds. The van der Waals surface area contributed by atoms with E-state index in [1.165, 1.54) is 5.56 Å². The van der Waals surface area contributed by atoms with E-state index in [4.69, 9.17) is 10.5 Å². The first-order chi connectivity index (χ1) is 7.41. The maximum absolute atomic E-state index is 6.12. The van der Waals surface area contributed by atoms with E-state index in [1.807, 2.05) is 19.9 Å². The summed E-state index contributed by atoms with van der Waals surface area (Å²) in [6.45, 7) is 10.4. The van der Waals surface area contributed by atoms with Crippen LogP contribution in [0.2, 0.25) is 0 Å². The van der Waals surface area contributed by atoms with Crippen molar-refractivity contribution in [3.63, 3.8) is 0 Å². The molecule has 1 atom stereocenters. The van der Waals surface area contributed by atoms with Gasteiger partial charge in [-0.05, 0) is 43.9 Å². The first kappa shape index (κ1) is 13.0. The highest BCUT2D eigenvalue weighted by Gasteiger charge is 2.12. The van der Waals surface area contributed by atoms with Crippen LogP contribution in [-0.2, 0) is 0 Å². The Kier molecular flexibility index (Phi) is 4.36. The second-order valence-electron chi connectivity index (χ2n) is 4.96. The molecule has 0 fully saturated rings. The number of hydrogen-bond acceptors (Lipinski definition) is 2. The minimum Gasteiger partial charge on any atom is -0.491 e. The zero-order chi connectivity index (χ0) is 12.3. The molecule has 1 rings (SSSR count). The number of ether oxygens (including phenoxy) is 1. The van der Waals surface area contributed by atoms with Gasteiger partial charge < -0.3 is 10.5 Å². The van der Waals surface area contributed by atoms with E-state index in [1.54, 1.807) is 0 Å². The van der Waals surface area contributed by atoms with Crippen molar-refractivity contribution in [1.29, 1.82) is 0 Å². The van der Waals surface area contributed by atoms with Crippen LogP contribution in [0, 0.1) is 12.8 Å². The smallest absolute Gasteiger partial charge is 0.122 e. The zero-order valence-electron chi connectivity index (χ0n) is 10.9. The van der Waals surface area contributed by atoms with E-state index in [-0.39, 0.29) is 12.1 Å². The highest BCUT2D eigenvalue weighted by atomic mass is 16.5. The molecule has 2 N–H and O–H groups in total. The molecule has 0 aliphatic carbocycles. The van der Waals surface area contributed by atoms with Crippen LogP contribution in [0.1, 0.15) is 44.9 Å². The topological polar surface area (TPSA) is 35.2 Å². The van der Waals surface area contributed by atoms with Crippen LogP contribution in [0.15, 0.2) is 18.2 Å². The van der Waals surface area contributed by atoms with Crippen molar-refractivity contribution in [3.05, 3.63) is 29.3 Å². The van der Waals surface area contributed by atoms with Gasteiger partial charge in [0, 0.05) is 6.04 Å². The quantitative estimate of drug-likeness (QED) is 0.845. The van der Waals surface area contributed by atoms with Gasteiger partial charge in [-0.2, -0.15) is 0 Å². The Morgan fingerprint density at radius 1 is 1.12 bits per heavy atom. The molecule has 0 radical (unpaired) electrons. The van der Waals surface area contributed by atoms with Gasteiger partial charge in [0.2, 0.25) is 0 Å². The molecular weight excluding hydrogens is 198 g/mol. The summed E-state index contributed by atoms with van der Waals surface area (Å²) < 4.78 is 5.70. The lowest BCUT2D eigenvalue weighted by Gasteiger charge is -2.18. The third-order valence-corrected chi connectivity index (χ3v) is 2.66. The lowest BCUT2D eigenvalue weighted by atomic mass is 9.95. The van der Waals surface area contributed by atoms with Gasteiger partial charge in [0.05, 0.1) is 6.10 Å². The van der Waals surface area contributed by atoms with Gasteiger partial charge in [0.15, 0.2) is 0 Å². The molecule has 0 aliphatic rings. The second-order valence-corrected chi connectivity index (χ2v) is 4.96. The van der Waals surface area contributed by atoms with Crippen molar-refractivity contribution in [2.45, 2.75) is 46.8 Å². The number of rotatable bonds is 4. The van der Waals surface area contributed by atoms with Crippen molar-refractivity contribution in [1.82, 2.24) is 0 Å². The standard InChI is InChI=1S/C14H23NO/c1-9(2)14(15)12-6-7-13(11(5)8-12)16-10(3)4/h6-10,14H,15H2,1-5H3. The summed E-state index contributed by atoms with van der Waals surface area (Å²) >= 11 is 0. The fraction of sp³-hybridized carbons (Fsp3) is 0.571. The lowest BCUT2D eigenvalue weighted by Crippen LogP contribution is -2.17. The predicted molar refractivity (Wildman–Crippen MR) is 68.7 cm³/mol. The summed E-state index contributed by atoms with van der Waals surface area (Å²) in [4.78, 5) is 0.